The van der Waals surface area contributed by atoms with Gasteiger partial charge in [0.1, 0.15) is 11.3 Å². The Morgan fingerprint density at radius 2 is 1.56 bits per heavy atom. The molecule has 0 aliphatic rings. The third kappa shape index (κ3) is 6.88. The van der Waals surface area contributed by atoms with Crippen LogP contribution in [-0.2, 0) is 19.6 Å². The van der Waals surface area contributed by atoms with Gasteiger partial charge in [0.05, 0.1) is 23.4 Å². The molecular weight excluding hydrogens is 403 g/mol. The molecule has 0 aliphatic heterocycles. The van der Waals surface area contributed by atoms with E-state index in [4.69, 9.17) is 9.29 Å². The molecule has 138 valence electrons. The van der Waals surface area contributed by atoms with E-state index in [1.807, 2.05) is 0 Å². The summed E-state index contributed by atoms with van der Waals surface area (Å²) >= 11 is 0. The summed E-state index contributed by atoms with van der Waals surface area (Å²) in [6, 6.07) is 9.23. The van der Waals surface area contributed by atoms with Crippen molar-refractivity contribution < 1.29 is 32.0 Å². The molecule has 1 N–H and O–H groups in total. The van der Waals surface area contributed by atoms with Gasteiger partial charge in [-0.2, -0.15) is 18.6 Å². The number of methoxy groups -OCH3 is 1. The second kappa shape index (κ2) is 10.2. The Balaban J connectivity index is 0.00000364. The van der Waals surface area contributed by atoms with Crippen LogP contribution in [0.15, 0.2) is 57.6 Å². The Hall–Kier alpha value is -1.47. The van der Waals surface area contributed by atoms with E-state index in [-0.39, 0.29) is 73.3 Å². The summed E-state index contributed by atoms with van der Waals surface area (Å²) in [4.78, 5) is 22.6. The van der Waals surface area contributed by atoms with Crippen LogP contribution in [0.4, 0.5) is 11.4 Å². The van der Waals surface area contributed by atoms with Crippen molar-refractivity contribution in [3.63, 3.8) is 0 Å². The second-order valence-electron chi connectivity index (χ2n) is 4.93. The molecule has 0 atom stereocenters. The molecule has 2 aromatic carbocycles. The van der Waals surface area contributed by atoms with Gasteiger partial charge in [-0.25, -0.2) is 4.79 Å². The van der Waals surface area contributed by atoms with Crippen LogP contribution < -0.4 is 4.74 Å². The first kappa shape index (κ1) is 23.6. The molecule has 0 aromatic heterocycles. The summed E-state index contributed by atoms with van der Waals surface area (Å²) in [5, 5.41) is 7.84. The fourth-order valence-electron chi connectivity index (χ4n) is 1.89. The summed E-state index contributed by atoms with van der Waals surface area (Å²) in [6.07, 6.45) is 0. The number of ether oxygens (including phenoxy) is 2. The molecule has 0 saturated carbocycles. The maximum absolute atomic E-state index is 11.8. The van der Waals surface area contributed by atoms with Crippen molar-refractivity contribution in [2.75, 3.05) is 7.11 Å². The van der Waals surface area contributed by atoms with Crippen LogP contribution in [-0.4, -0.2) is 83.4 Å². The molecule has 11 heteroatoms. The number of nitrogens with zero attached hydrogens (tertiary/aromatic N) is 2. The molecule has 27 heavy (non-hydrogen) atoms. The fourth-order valence-corrected chi connectivity index (χ4v) is 2.37. The number of azo groups is 1. The molecule has 9 nitrogen and oxygen atoms in total. The Labute approximate surface area is 197 Å². The van der Waals surface area contributed by atoms with E-state index in [9.17, 15) is 18.0 Å². The molecule has 0 fully saturated rings. The van der Waals surface area contributed by atoms with Gasteiger partial charge >= 0.3 is 63.3 Å². The van der Waals surface area contributed by atoms with Crippen molar-refractivity contribution in [2.24, 2.45) is 10.2 Å². The molecule has 0 unspecified atom stereocenters. The average molecular weight is 418 g/mol. The molecule has 0 radical (unpaired) electrons. The number of carbonyl (C=O) groups excluding carboxylic acids is 2. The van der Waals surface area contributed by atoms with Gasteiger partial charge < -0.3 is 9.47 Å². The number of rotatable bonds is 5. The topological polar surface area (TPSA) is 132 Å². The summed E-state index contributed by atoms with van der Waals surface area (Å²) in [5.74, 6) is -1.28. The summed E-state index contributed by atoms with van der Waals surface area (Å²) in [7, 11) is -3.10. The number of esters is 2. The summed E-state index contributed by atoms with van der Waals surface area (Å²) in [6.45, 7) is 1.20. The predicted octanol–water partition coefficient (Wildman–Crippen LogP) is 2.41. The van der Waals surface area contributed by atoms with Crippen LogP contribution in [0.2, 0.25) is 0 Å². The van der Waals surface area contributed by atoms with Gasteiger partial charge in [-0.1, -0.05) is 0 Å². The predicted molar refractivity (Wildman–Crippen MR) is 96.7 cm³/mol. The quantitative estimate of drug-likeness (QED) is 0.259. The third-order valence-corrected chi connectivity index (χ3v) is 3.91. The Morgan fingerprint density at radius 1 is 1.00 bits per heavy atom. The summed E-state index contributed by atoms with van der Waals surface area (Å²) < 4.78 is 40.5. The average Bonchev–Trinajstić information content (AvgIpc) is 2.59. The van der Waals surface area contributed by atoms with Gasteiger partial charge in [0, 0.05) is 6.92 Å². The summed E-state index contributed by atoms with van der Waals surface area (Å²) in [5.41, 5.74) is 0.599. The number of hydrogen-bond acceptors (Lipinski definition) is 8. The SMILES string of the molecule is COC(=O)c1cc(N=Nc2ccc(S(=O)(=O)O)cc2)ccc1OC(C)=O.[KH]. The zero-order chi connectivity index (χ0) is 19.3. The zero-order valence-corrected chi connectivity index (χ0v) is 14.6. The van der Waals surface area contributed by atoms with Gasteiger partial charge in [0.15, 0.2) is 0 Å². The number of benzene rings is 2. The standard InChI is InChI=1S/C16H14N2O7S.K.H/c1-10(19)25-15-8-5-12(9-14(15)16(20)24-2)18-17-11-3-6-13(7-4-11)26(21,22)23;;/h3-9H,1-2H3,(H,21,22,23);;. The first-order valence-electron chi connectivity index (χ1n) is 7.11. The van der Waals surface area contributed by atoms with E-state index in [1.54, 1.807) is 0 Å². The normalized spacial score (nSPS) is 10.9. The van der Waals surface area contributed by atoms with Crippen LogP contribution >= 0.6 is 0 Å². The molecule has 0 spiro atoms. The molecular formula is C16H15KN2O7S. The fraction of sp³-hybridized carbons (Fsp3) is 0.125. The second-order valence-corrected chi connectivity index (χ2v) is 6.36. The first-order valence-corrected chi connectivity index (χ1v) is 8.55. The van der Waals surface area contributed by atoms with E-state index in [0.717, 1.165) is 0 Å². The van der Waals surface area contributed by atoms with Crippen LogP contribution in [0.25, 0.3) is 0 Å². The van der Waals surface area contributed by atoms with E-state index < -0.39 is 22.1 Å². The molecule has 0 aliphatic carbocycles. The van der Waals surface area contributed by atoms with Crippen molar-refractivity contribution >= 4 is 84.8 Å². The van der Waals surface area contributed by atoms with Crippen LogP contribution in [0, 0.1) is 0 Å². The van der Waals surface area contributed by atoms with Gasteiger partial charge in [-0.05, 0) is 42.5 Å². The van der Waals surface area contributed by atoms with E-state index in [2.05, 4.69) is 15.0 Å². The monoisotopic (exact) mass is 418 g/mol. The van der Waals surface area contributed by atoms with Crippen molar-refractivity contribution in [3.05, 3.63) is 48.0 Å². The Bertz CT molecular complexity index is 973. The minimum absolute atomic E-state index is 0. The molecule has 2 rings (SSSR count). The van der Waals surface area contributed by atoms with Crippen LogP contribution in [0.1, 0.15) is 17.3 Å². The Morgan fingerprint density at radius 3 is 2.07 bits per heavy atom. The van der Waals surface area contributed by atoms with E-state index in [0.29, 0.717) is 5.69 Å². The van der Waals surface area contributed by atoms with Gasteiger partial charge in [0.2, 0.25) is 0 Å². The van der Waals surface area contributed by atoms with Crippen LogP contribution in [0.5, 0.6) is 5.75 Å². The van der Waals surface area contributed by atoms with Gasteiger partial charge in [-0.3, -0.25) is 9.35 Å². The molecule has 0 amide bonds. The van der Waals surface area contributed by atoms with E-state index >= 15 is 0 Å². The molecule has 0 bridgehead atoms. The molecule has 0 heterocycles. The molecule has 0 saturated heterocycles. The Kier molecular flexibility index (Phi) is 8.88. The van der Waals surface area contributed by atoms with Gasteiger partial charge in [0.25, 0.3) is 10.1 Å². The maximum atomic E-state index is 11.8. The number of carbonyl (C=O) groups is 2. The van der Waals surface area contributed by atoms with Crippen molar-refractivity contribution in [2.45, 2.75) is 11.8 Å². The van der Waals surface area contributed by atoms with Crippen molar-refractivity contribution in [1.29, 1.82) is 0 Å². The third-order valence-electron chi connectivity index (χ3n) is 3.04. The van der Waals surface area contributed by atoms with E-state index in [1.165, 1.54) is 56.5 Å². The van der Waals surface area contributed by atoms with Crippen molar-refractivity contribution in [1.82, 2.24) is 0 Å². The minimum atomic E-state index is -4.28. The van der Waals surface area contributed by atoms with Crippen molar-refractivity contribution in [3.8, 4) is 5.75 Å². The molecule has 2 aromatic rings. The first-order chi connectivity index (χ1) is 12.2. The zero-order valence-electron chi connectivity index (χ0n) is 13.7. The van der Waals surface area contributed by atoms with Gasteiger partial charge in [-0.15, -0.1) is 0 Å². The van der Waals surface area contributed by atoms with Crippen LogP contribution in [0.3, 0.4) is 0 Å². The number of hydrogen-bond donors (Lipinski definition) is 1.